The maximum absolute atomic E-state index is 9.60. The van der Waals surface area contributed by atoms with Crippen molar-refractivity contribution >= 4 is 11.6 Å². The SMILES string of the molecule is C=C1/C=C(/c2ccccc2)C2=C(CNC(=C)/C1=C/c1ccc(O)cc1)CN(C)CC2. The number of allylic oxidation sites excluding steroid dienone is 3. The number of likely N-dealkylation sites (N-methyl/N-ethyl adjacent to an activating group) is 1. The van der Waals surface area contributed by atoms with E-state index >= 15 is 0 Å². The molecule has 4 rings (SSSR count). The third-order valence-electron chi connectivity index (χ3n) is 5.75. The summed E-state index contributed by atoms with van der Waals surface area (Å²) in [6.45, 7) is 11.5. The van der Waals surface area contributed by atoms with Gasteiger partial charge in [-0.15, -0.1) is 0 Å². The van der Waals surface area contributed by atoms with Crippen LogP contribution in [0.25, 0.3) is 11.6 Å². The van der Waals surface area contributed by atoms with E-state index in [1.54, 1.807) is 12.1 Å². The summed E-state index contributed by atoms with van der Waals surface area (Å²) in [5.41, 5.74) is 9.03. The lowest BCUT2D eigenvalue weighted by Gasteiger charge is -2.29. The van der Waals surface area contributed by atoms with E-state index < -0.39 is 0 Å². The maximum Gasteiger partial charge on any atom is 0.115 e. The van der Waals surface area contributed by atoms with E-state index in [2.05, 4.69) is 72.9 Å². The van der Waals surface area contributed by atoms with Crippen molar-refractivity contribution in [2.75, 3.05) is 26.7 Å². The van der Waals surface area contributed by atoms with Crippen LogP contribution in [-0.2, 0) is 0 Å². The number of phenolic OH excluding ortho intramolecular Hbond substituents is 1. The molecule has 3 heteroatoms. The molecule has 0 atom stereocenters. The fourth-order valence-corrected chi connectivity index (χ4v) is 4.10. The highest BCUT2D eigenvalue weighted by molar-refractivity contribution is 5.84. The van der Waals surface area contributed by atoms with Crippen LogP contribution in [0.4, 0.5) is 0 Å². The first kappa shape index (κ1) is 20.0. The Balaban J connectivity index is 1.82. The van der Waals surface area contributed by atoms with E-state index in [0.29, 0.717) is 0 Å². The van der Waals surface area contributed by atoms with Crippen LogP contribution in [0, 0.1) is 0 Å². The van der Waals surface area contributed by atoms with Gasteiger partial charge in [0.05, 0.1) is 0 Å². The number of nitrogens with zero attached hydrogens (tertiary/aromatic N) is 1. The molecule has 0 unspecified atom stereocenters. The first-order chi connectivity index (χ1) is 14.5. The quantitative estimate of drug-likeness (QED) is 0.736. The largest absolute Gasteiger partial charge is 0.508 e. The van der Waals surface area contributed by atoms with Crippen LogP contribution in [0.15, 0.2) is 102 Å². The summed E-state index contributed by atoms with van der Waals surface area (Å²) < 4.78 is 0. The molecule has 0 bridgehead atoms. The van der Waals surface area contributed by atoms with Crippen LogP contribution in [0.5, 0.6) is 5.75 Å². The molecule has 0 aromatic heterocycles. The standard InChI is InChI=1S/C27H28N2O/c1-19-15-27(22-7-5-4-6-8-22)25-13-14-29(3)18-23(25)17-28-20(2)26(19)16-21-9-11-24(30)12-10-21/h4-12,15-16,28,30H,1-2,13-14,17-18H2,3H3/b26-16+,27-15-. The highest BCUT2D eigenvalue weighted by Crippen LogP contribution is 2.35. The summed E-state index contributed by atoms with van der Waals surface area (Å²) in [7, 11) is 2.17. The zero-order valence-electron chi connectivity index (χ0n) is 17.5. The van der Waals surface area contributed by atoms with Gasteiger partial charge >= 0.3 is 0 Å². The van der Waals surface area contributed by atoms with Crippen LogP contribution < -0.4 is 5.32 Å². The number of aromatic hydroxyl groups is 1. The van der Waals surface area contributed by atoms with Crippen LogP contribution in [0.2, 0.25) is 0 Å². The fourth-order valence-electron chi connectivity index (χ4n) is 4.10. The zero-order chi connectivity index (χ0) is 21.1. The third-order valence-corrected chi connectivity index (χ3v) is 5.75. The Bertz CT molecular complexity index is 1060. The van der Waals surface area contributed by atoms with Crippen molar-refractivity contribution in [3.63, 3.8) is 0 Å². The Labute approximate surface area is 179 Å². The van der Waals surface area contributed by atoms with Crippen LogP contribution in [0.3, 0.4) is 0 Å². The van der Waals surface area contributed by atoms with Gasteiger partial charge in [-0.25, -0.2) is 0 Å². The molecule has 2 aromatic carbocycles. The van der Waals surface area contributed by atoms with E-state index in [0.717, 1.165) is 48.5 Å². The Morgan fingerprint density at radius 2 is 1.77 bits per heavy atom. The minimum Gasteiger partial charge on any atom is -0.508 e. The number of benzene rings is 2. The molecule has 0 amide bonds. The molecule has 0 saturated heterocycles. The van der Waals surface area contributed by atoms with Crippen molar-refractivity contribution < 1.29 is 5.11 Å². The highest BCUT2D eigenvalue weighted by Gasteiger charge is 2.22. The van der Waals surface area contributed by atoms with Gasteiger partial charge in [-0.3, -0.25) is 0 Å². The monoisotopic (exact) mass is 396 g/mol. The summed E-state index contributed by atoms with van der Waals surface area (Å²) in [4.78, 5) is 2.37. The number of phenols is 1. The number of rotatable bonds is 2. The maximum atomic E-state index is 9.60. The Morgan fingerprint density at radius 1 is 1.03 bits per heavy atom. The average molecular weight is 397 g/mol. The van der Waals surface area contributed by atoms with E-state index in [9.17, 15) is 5.11 Å². The van der Waals surface area contributed by atoms with Gasteiger partial charge in [-0.05, 0) is 71.2 Å². The summed E-state index contributed by atoms with van der Waals surface area (Å²) in [6.07, 6.45) is 5.30. The van der Waals surface area contributed by atoms with Gasteiger partial charge in [-0.1, -0.05) is 55.6 Å². The Kier molecular flexibility index (Phi) is 5.73. The second-order valence-electron chi connectivity index (χ2n) is 8.00. The van der Waals surface area contributed by atoms with Gasteiger partial charge in [0.1, 0.15) is 5.75 Å². The molecule has 0 radical (unpaired) electrons. The summed E-state index contributed by atoms with van der Waals surface area (Å²) in [6, 6.07) is 17.8. The van der Waals surface area contributed by atoms with E-state index in [1.807, 2.05) is 12.1 Å². The molecule has 30 heavy (non-hydrogen) atoms. The van der Waals surface area contributed by atoms with Crippen LogP contribution >= 0.6 is 0 Å². The molecule has 0 fully saturated rings. The molecule has 0 spiro atoms. The molecule has 2 aliphatic rings. The summed E-state index contributed by atoms with van der Waals surface area (Å²) >= 11 is 0. The van der Waals surface area contributed by atoms with Crippen LogP contribution in [-0.4, -0.2) is 36.7 Å². The van der Waals surface area contributed by atoms with Gasteiger partial charge in [0, 0.05) is 30.9 Å². The van der Waals surface area contributed by atoms with E-state index in [-0.39, 0.29) is 5.75 Å². The molecule has 2 aliphatic heterocycles. The molecule has 152 valence electrons. The van der Waals surface area contributed by atoms with Crippen molar-refractivity contribution in [1.29, 1.82) is 0 Å². The topological polar surface area (TPSA) is 35.5 Å². The Morgan fingerprint density at radius 3 is 2.50 bits per heavy atom. The van der Waals surface area contributed by atoms with Crippen LogP contribution in [0.1, 0.15) is 17.5 Å². The second kappa shape index (κ2) is 8.60. The first-order valence-electron chi connectivity index (χ1n) is 10.3. The van der Waals surface area contributed by atoms with Gasteiger partial charge < -0.3 is 15.3 Å². The lowest BCUT2D eigenvalue weighted by atomic mass is 9.87. The second-order valence-corrected chi connectivity index (χ2v) is 8.00. The lowest BCUT2D eigenvalue weighted by molar-refractivity contribution is 0.347. The smallest absolute Gasteiger partial charge is 0.115 e. The van der Waals surface area contributed by atoms with E-state index in [1.165, 1.54) is 22.3 Å². The number of nitrogens with one attached hydrogen (secondary N) is 1. The van der Waals surface area contributed by atoms with Gasteiger partial charge in [0.15, 0.2) is 0 Å². The normalized spacial score (nSPS) is 21.2. The minimum atomic E-state index is 0.259. The molecule has 3 nitrogen and oxygen atoms in total. The minimum absolute atomic E-state index is 0.259. The summed E-state index contributed by atoms with van der Waals surface area (Å²) in [5, 5.41) is 13.1. The fraction of sp³-hybridized carbons (Fsp3) is 0.185. The highest BCUT2D eigenvalue weighted by atomic mass is 16.3. The third kappa shape index (κ3) is 4.32. The Hall–Kier alpha value is -3.30. The molecular weight excluding hydrogens is 368 g/mol. The van der Waals surface area contributed by atoms with Crippen molar-refractivity contribution in [3.8, 4) is 5.75 Å². The predicted molar refractivity (Wildman–Crippen MR) is 126 cm³/mol. The molecule has 0 aliphatic carbocycles. The van der Waals surface area contributed by atoms with E-state index in [4.69, 9.17) is 0 Å². The van der Waals surface area contributed by atoms with Crippen molar-refractivity contribution in [2.45, 2.75) is 6.42 Å². The van der Waals surface area contributed by atoms with Gasteiger partial charge in [0.25, 0.3) is 0 Å². The summed E-state index contributed by atoms with van der Waals surface area (Å²) in [5.74, 6) is 0.259. The molecule has 2 heterocycles. The van der Waals surface area contributed by atoms with Crippen molar-refractivity contribution in [3.05, 3.63) is 113 Å². The van der Waals surface area contributed by atoms with Crippen molar-refractivity contribution in [1.82, 2.24) is 10.2 Å². The molecule has 2 N–H and O–H groups in total. The van der Waals surface area contributed by atoms with Crippen molar-refractivity contribution in [2.24, 2.45) is 0 Å². The number of hydrogen-bond donors (Lipinski definition) is 2. The van der Waals surface area contributed by atoms with Gasteiger partial charge in [0.2, 0.25) is 0 Å². The number of hydrogen-bond acceptors (Lipinski definition) is 3. The zero-order valence-corrected chi connectivity index (χ0v) is 17.5. The van der Waals surface area contributed by atoms with Gasteiger partial charge in [-0.2, -0.15) is 0 Å². The average Bonchev–Trinajstić information content (AvgIpc) is 2.80. The first-order valence-corrected chi connectivity index (χ1v) is 10.3. The molecule has 2 aromatic rings. The lowest BCUT2D eigenvalue weighted by Crippen LogP contribution is -2.32. The molecule has 0 saturated carbocycles. The molecular formula is C27H28N2O. The predicted octanol–water partition coefficient (Wildman–Crippen LogP) is 5.16.